The molecule has 0 aliphatic carbocycles. The van der Waals surface area contributed by atoms with Crippen LogP contribution in [0.2, 0.25) is 0 Å². The Bertz CT molecular complexity index is 385. The minimum atomic E-state index is -0.428. The third-order valence-electron chi connectivity index (χ3n) is 1.55. The van der Waals surface area contributed by atoms with Crippen LogP contribution >= 0.6 is 11.8 Å². The second-order valence-electron chi connectivity index (χ2n) is 4.23. The minimum Gasteiger partial charge on any atom is -0.398 e. The molecule has 0 amide bonds. The molecule has 4 nitrogen and oxygen atoms in total. The average Bonchev–Trinajstić information content (AvgIpc) is 1.99. The monoisotopic (exact) mass is 226 g/mol. The molecule has 82 valence electrons. The fraction of sp³-hybridized carbons (Fsp3) is 0.400. The maximum atomic E-state index is 10.6. The van der Waals surface area contributed by atoms with Gasteiger partial charge in [-0.15, -0.1) is 11.8 Å². The lowest BCUT2D eigenvalue weighted by Gasteiger charge is -2.17. The summed E-state index contributed by atoms with van der Waals surface area (Å²) in [6, 6.07) is 4.67. The van der Waals surface area contributed by atoms with E-state index in [1.54, 1.807) is 23.9 Å². The van der Waals surface area contributed by atoms with E-state index in [9.17, 15) is 10.1 Å². The number of nitrogen functional groups attached to an aromatic ring is 1. The predicted octanol–water partition coefficient (Wildman–Crippen LogP) is 3.07. The van der Waals surface area contributed by atoms with Crippen LogP contribution in [0, 0.1) is 10.1 Å². The van der Waals surface area contributed by atoms with E-state index in [-0.39, 0.29) is 10.4 Å². The fourth-order valence-corrected chi connectivity index (χ4v) is 2.21. The quantitative estimate of drug-likeness (QED) is 0.364. The number of nitrogens with two attached hydrogens (primary N) is 1. The van der Waals surface area contributed by atoms with Crippen LogP contribution in [0.5, 0.6) is 0 Å². The lowest BCUT2D eigenvalue weighted by molar-refractivity contribution is -0.385. The molecule has 0 spiro atoms. The van der Waals surface area contributed by atoms with Crippen molar-refractivity contribution in [2.45, 2.75) is 30.4 Å². The number of nitrogens with zero attached hydrogens (tertiary/aromatic N) is 1. The molecule has 0 radical (unpaired) electrons. The first-order valence-electron chi connectivity index (χ1n) is 4.52. The highest BCUT2D eigenvalue weighted by atomic mass is 32.2. The Morgan fingerprint density at radius 3 is 2.40 bits per heavy atom. The number of thioether (sulfide) groups is 1. The Morgan fingerprint density at radius 2 is 1.93 bits per heavy atom. The first-order valence-corrected chi connectivity index (χ1v) is 5.33. The minimum absolute atomic E-state index is 0.0155. The van der Waals surface area contributed by atoms with Crippen LogP contribution in [-0.4, -0.2) is 9.67 Å². The number of hydrogen-bond acceptors (Lipinski definition) is 4. The molecule has 1 rings (SSSR count). The predicted molar refractivity (Wildman–Crippen MR) is 63.1 cm³/mol. The van der Waals surface area contributed by atoms with Crippen molar-refractivity contribution >= 4 is 23.1 Å². The van der Waals surface area contributed by atoms with Gasteiger partial charge in [-0.3, -0.25) is 10.1 Å². The number of anilines is 1. The van der Waals surface area contributed by atoms with E-state index in [2.05, 4.69) is 0 Å². The van der Waals surface area contributed by atoms with Crippen LogP contribution in [0.3, 0.4) is 0 Å². The third-order valence-corrected chi connectivity index (χ3v) is 2.63. The maximum Gasteiger partial charge on any atom is 0.272 e. The molecular formula is C10H14N2O2S. The zero-order chi connectivity index (χ0) is 11.6. The molecule has 0 heterocycles. The molecular weight excluding hydrogens is 212 g/mol. The van der Waals surface area contributed by atoms with Crippen molar-refractivity contribution in [3.8, 4) is 0 Å². The second-order valence-corrected chi connectivity index (χ2v) is 6.13. The van der Waals surface area contributed by atoms with Crippen molar-refractivity contribution in [3.63, 3.8) is 0 Å². The molecule has 1 aromatic carbocycles. The molecule has 0 saturated carbocycles. The normalized spacial score (nSPS) is 11.4. The molecule has 0 bridgehead atoms. The SMILES string of the molecule is CC(C)(C)Sc1cc(N)cc([N+](=O)[O-])c1. The van der Waals surface area contributed by atoms with Crippen molar-refractivity contribution < 1.29 is 4.92 Å². The number of nitro groups is 1. The summed E-state index contributed by atoms with van der Waals surface area (Å²) in [5, 5.41) is 10.6. The summed E-state index contributed by atoms with van der Waals surface area (Å²) in [5.74, 6) is 0. The van der Waals surface area contributed by atoms with E-state index in [1.165, 1.54) is 6.07 Å². The molecule has 0 aliphatic heterocycles. The van der Waals surface area contributed by atoms with Gasteiger partial charge in [0.2, 0.25) is 0 Å². The van der Waals surface area contributed by atoms with Crippen LogP contribution in [0.15, 0.2) is 23.1 Å². The topological polar surface area (TPSA) is 69.2 Å². The van der Waals surface area contributed by atoms with E-state index in [4.69, 9.17) is 5.73 Å². The molecule has 0 atom stereocenters. The highest BCUT2D eigenvalue weighted by molar-refractivity contribution is 8.00. The molecule has 0 fully saturated rings. The van der Waals surface area contributed by atoms with Gasteiger partial charge in [0.1, 0.15) is 0 Å². The van der Waals surface area contributed by atoms with E-state index in [0.29, 0.717) is 5.69 Å². The largest absolute Gasteiger partial charge is 0.398 e. The highest BCUT2D eigenvalue weighted by Gasteiger charge is 2.15. The van der Waals surface area contributed by atoms with Crippen LogP contribution < -0.4 is 5.73 Å². The van der Waals surface area contributed by atoms with Crippen molar-refractivity contribution in [2.24, 2.45) is 0 Å². The van der Waals surface area contributed by atoms with E-state index < -0.39 is 4.92 Å². The molecule has 15 heavy (non-hydrogen) atoms. The van der Waals surface area contributed by atoms with Crippen LogP contribution in [0.25, 0.3) is 0 Å². The van der Waals surface area contributed by atoms with Gasteiger partial charge in [-0.2, -0.15) is 0 Å². The summed E-state index contributed by atoms with van der Waals surface area (Å²) >= 11 is 1.56. The first-order chi connectivity index (χ1) is 6.78. The number of hydrogen-bond donors (Lipinski definition) is 1. The van der Waals surface area contributed by atoms with E-state index in [1.807, 2.05) is 20.8 Å². The van der Waals surface area contributed by atoms with Crippen LogP contribution in [0.1, 0.15) is 20.8 Å². The van der Waals surface area contributed by atoms with E-state index in [0.717, 1.165) is 4.90 Å². The molecule has 0 aromatic heterocycles. The highest BCUT2D eigenvalue weighted by Crippen LogP contribution is 2.34. The smallest absolute Gasteiger partial charge is 0.272 e. The molecule has 2 N–H and O–H groups in total. The Hall–Kier alpha value is -1.23. The Morgan fingerprint density at radius 1 is 1.33 bits per heavy atom. The Labute approximate surface area is 93.0 Å². The molecule has 0 saturated heterocycles. The third kappa shape index (κ3) is 3.79. The molecule has 5 heteroatoms. The Balaban J connectivity index is 3.04. The zero-order valence-electron chi connectivity index (χ0n) is 8.98. The summed E-state index contributed by atoms with van der Waals surface area (Å²) in [6.07, 6.45) is 0. The van der Waals surface area contributed by atoms with Crippen molar-refractivity contribution in [1.29, 1.82) is 0 Å². The zero-order valence-corrected chi connectivity index (χ0v) is 9.80. The van der Waals surface area contributed by atoms with Gasteiger partial charge in [0.05, 0.1) is 4.92 Å². The van der Waals surface area contributed by atoms with Gasteiger partial charge in [0, 0.05) is 27.5 Å². The number of rotatable bonds is 2. The average molecular weight is 226 g/mol. The van der Waals surface area contributed by atoms with Gasteiger partial charge in [0.15, 0.2) is 0 Å². The van der Waals surface area contributed by atoms with Crippen molar-refractivity contribution in [1.82, 2.24) is 0 Å². The first kappa shape index (κ1) is 11.8. The summed E-state index contributed by atoms with van der Waals surface area (Å²) < 4.78 is 0.0155. The second kappa shape index (κ2) is 4.10. The van der Waals surface area contributed by atoms with Gasteiger partial charge in [-0.05, 0) is 6.07 Å². The number of non-ortho nitro benzene ring substituents is 1. The lowest BCUT2D eigenvalue weighted by Crippen LogP contribution is -2.06. The lowest BCUT2D eigenvalue weighted by atomic mass is 10.2. The fourth-order valence-electron chi connectivity index (χ4n) is 1.12. The molecule has 0 unspecified atom stereocenters. The number of nitro benzene ring substituents is 1. The molecule has 1 aromatic rings. The van der Waals surface area contributed by atoms with Gasteiger partial charge < -0.3 is 5.73 Å². The van der Waals surface area contributed by atoms with Gasteiger partial charge >= 0.3 is 0 Å². The van der Waals surface area contributed by atoms with Crippen molar-refractivity contribution in [3.05, 3.63) is 28.3 Å². The maximum absolute atomic E-state index is 10.6. The Kier molecular flexibility index (Phi) is 3.24. The van der Waals surface area contributed by atoms with Crippen molar-refractivity contribution in [2.75, 3.05) is 5.73 Å². The van der Waals surface area contributed by atoms with Gasteiger partial charge in [0.25, 0.3) is 5.69 Å². The number of benzene rings is 1. The van der Waals surface area contributed by atoms with E-state index >= 15 is 0 Å². The van der Waals surface area contributed by atoms with Crippen LogP contribution in [-0.2, 0) is 0 Å². The van der Waals surface area contributed by atoms with Gasteiger partial charge in [-0.25, -0.2) is 0 Å². The summed E-state index contributed by atoms with van der Waals surface area (Å²) in [4.78, 5) is 11.0. The summed E-state index contributed by atoms with van der Waals surface area (Å²) in [5.41, 5.74) is 6.07. The summed E-state index contributed by atoms with van der Waals surface area (Å²) in [7, 11) is 0. The van der Waals surface area contributed by atoms with Crippen LogP contribution in [0.4, 0.5) is 11.4 Å². The standard InChI is InChI=1S/C10H14N2O2S/c1-10(2,3)15-9-5-7(11)4-8(6-9)12(13)14/h4-6H,11H2,1-3H3. The molecule has 0 aliphatic rings. The van der Waals surface area contributed by atoms with Gasteiger partial charge in [-0.1, -0.05) is 20.8 Å². The summed E-state index contributed by atoms with van der Waals surface area (Å²) in [6.45, 7) is 6.14.